The summed E-state index contributed by atoms with van der Waals surface area (Å²) in [7, 11) is 0. The standard InChI is InChI=1S/C20H32N2/c1-3-5-6-7-8-9-10-11-14-17-22-19-16-13-12-15-18(19)21-20(22)4-2/h12-13,15-16H,3-11,14,17H2,1-2H3. The molecule has 2 heteroatoms. The van der Waals surface area contributed by atoms with E-state index in [2.05, 4.69) is 42.7 Å². The van der Waals surface area contributed by atoms with Crippen molar-refractivity contribution in [3.8, 4) is 0 Å². The van der Waals surface area contributed by atoms with Gasteiger partial charge in [0, 0.05) is 13.0 Å². The number of hydrogen-bond acceptors (Lipinski definition) is 1. The molecule has 0 saturated heterocycles. The van der Waals surface area contributed by atoms with Crippen LogP contribution >= 0.6 is 0 Å². The molecule has 0 bridgehead atoms. The fraction of sp³-hybridized carbons (Fsp3) is 0.650. The lowest BCUT2D eigenvalue weighted by Crippen LogP contribution is -2.03. The van der Waals surface area contributed by atoms with Crippen molar-refractivity contribution in [3.63, 3.8) is 0 Å². The Kier molecular flexibility index (Phi) is 7.48. The topological polar surface area (TPSA) is 17.8 Å². The van der Waals surface area contributed by atoms with E-state index in [1.807, 2.05) is 0 Å². The maximum Gasteiger partial charge on any atom is 0.109 e. The molecule has 0 fully saturated rings. The van der Waals surface area contributed by atoms with Gasteiger partial charge in [0.2, 0.25) is 0 Å². The maximum absolute atomic E-state index is 4.75. The van der Waals surface area contributed by atoms with Crippen LogP contribution in [-0.2, 0) is 13.0 Å². The average molecular weight is 300 g/mol. The molecule has 0 radical (unpaired) electrons. The van der Waals surface area contributed by atoms with Crippen LogP contribution in [-0.4, -0.2) is 9.55 Å². The number of para-hydroxylation sites is 2. The zero-order valence-corrected chi connectivity index (χ0v) is 14.5. The third-order valence-electron chi connectivity index (χ3n) is 4.54. The number of unbranched alkanes of at least 4 members (excludes halogenated alkanes) is 8. The summed E-state index contributed by atoms with van der Waals surface area (Å²) in [6.45, 7) is 5.61. The van der Waals surface area contributed by atoms with Crippen LogP contribution in [0.3, 0.4) is 0 Å². The van der Waals surface area contributed by atoms with Crippen molar-refractivity contribution in [2.45, 2.75) is 84.6 Å². The molecule has 0 aliphatic rings. The third kappa shape index (κ3) is 4.86. The first-order chi connectivity index (χ1) is 10.9. The fourth-order valence-electron chi connectivity index (χ4n) is 3.23. The second-order valence-corrected chi connectivity index (χ2v) is 6.35. The highest BCUT2D eigenvalue weighted by Crippen LogP contribution is 2.18. The van der Waals surface area contributed by atoms with Gasteiger partial charge >= 0.3 is 0 Å². The molecule has 2 aromatic rings. The Morgan fingerprint density at radius 3 is 2.14 bits per heavy atom. The average Bonchev–Trinajstić information content (AvgIpc) is 2.91. The minimum Gasteiger partial charge on any atom is -0.328 e. The molecule has 22 heavy (non-hydrogen) atoms. The lowest BCUT2D eigenvalue weighted by atomic mass is 10.1. The van der Waals surface area contributed by atoms with Crippen molar-refractivity contribution < 1.29 is 0 Å². The normalized spacial score (nSPS) is 11.4. The molecule has 2 nitrogen and oxygen atoms in total. The van der Waals surface area contributed by atoms with Gasteiger partial charge in [0.1, 0.15) is 5.82 Å². The highest BCUT2D eigenvalue weighted by atomic mass is 15.1. The summed E-state index contributed by atoms with van der Waals surface area (Å²) in [6, 6.07) is 8.53. The maximum atomic E-state index is 4.75. The van der Waals surface area contributed by atoms with E-state index < -0.39 is 0 Å². The van der Waals surface area contributed by atoms with Gasteiger partial charge in [0.25, 0.3) is 0 Å². The van der Waals surface area contributed by atoms with E-state index in [1.165, 1.54) is 69.1 Å². The quantitative estimate of drug-likeness (QED) is 0.456. The van der Waals surface area contributed by atoms with Gasteiger partial charge in [-0.3, -0.25) is 0 Å². The molecule has 0 spiro atoms. The molecule has 0 atom stereocenters. The molecular formula is C20H32N2. The van der Waals surface area contributed by atoms with Gasteiger partial charge < -0.3 is 4.57 Å². The molecule has 0 unspecified atom stereocenters. The van der Waals surface area contributed by atoms with Gasteiger partial charge in [-0.2, -0.15) is 0 Å². The van der Waals surface area contributed by atoms with Gasteiger partial charge in [-0.25, -0.2) is 4.98 Å². The van der Waals surface area contributed by atoms with Gasteiger partial charge in [-0.15, -0.1) is 0 Å². The van der Waals surface area contributed by atoms with Crippen molar-refractivity contribution in [1.29, 1.82) is 0 Å². The summed E-state index contributed by atoms with van der Waals surface area (Å²) in [4.78, 5) is 4.75. The molecule has 0 aliphatic heterocycles. The molecular weight excluding hydrogens is 268 g/mol. The monoisotopic (exact) mass is 300 g/mol. The highest BCUT2D eigenvalue weighted by molar-refractivity contribution is 5.75. The molecule has 0 amide bonds. The Morgan fingerprint density at radius 1 is 0.818 bits per heavy atom. The van der Waals surface area contributed by atoms with Crippen molar-refractivity contribution in [2.75, 3.05) is 0 Å². The summed E-state index contributed by atoms with van der Waals surface area (Å²) in [6.07, 6.45) is 13.5. The minimum absolute atomic E-state index is 1.02. The van der Waals surface area contributed by atoms with E-state index in [1.54, 1.807) is 0 Å². The molecule has 2 rings (SSSR count). The van der Waals surface area contributed by atoms with Crippen molar-refractivity contribution in [3.05, 3.63) is 30.1 Å². The molecule has 0 saturated carbocycles. The van der Waals surface area contributed by atoms with Gasteiger partial charge in [0.15, 0.2) is 0 Å². The molecule has 1 aromatic carbocycles. The molecule has 1 aromatic heterocycles. The number of imidazole rings is 1. The van der Waals surface area contributed by atoms with Crippen LogP contribution in [0.1, 0.15) is 77.5 Å². The molecule has 0 aliphatic carbocycles. The van der Waals surface area contributed by atoms with Crippen LogP contribution in [0, 0.1) is 0 Å². The number of hydrogen-bond donors (Lipinski definition) is 0. The number of aryl methyl sites for hydroxylation is 2. The Bertz CT molecular complexity index is 542. The van der Waals surface area contributed by atoms with Gasteiger partial charge in [-0.05, 0) is 18.6 Å². The predicted octanol–water partition coefficient (Wildman–Crippen LogP) is 6.13. The second-order valence-electron chi connectivity index (χ2n) is 6.35. The SMILES string of the molecule is CCCCCCCCCCCn1c(CC)nc2ccccc21. The van der Waals surface area contributed by atoms with E-state index in [4.69, 9.17) is 4.98 Å². The minimum atomic E-state index is 1.02. The first kappa shape index (κ1) is 17.1. The van der Waals surface area contributed by atoms with E-state index in [9.17, 15) is 0 Å². The summed E-state index contributed by atoms with van der Waals surface area (Å²) in [5.74, 6) is 1.24. The smallest absolute Gasteiger partial charge is 0.109 e. The number of aromatic nitrogens is 2. The lowest BCUT2D eigenvalue weighted by Gasteiger charge is -2.08. The lowest BCUT2D eigenvalue weighted by molar-refractivity contribution is 0.537. The Hall–Kier alpha value is -1.31. The largest absolute Gasteiger partial charge is 0.328 e. The number of rotatable bonds is 11. The van der Waals surface area contributed by atoms with Crippen LogP contribution in [0.4, 0.5) is 0 Å². The molecule has 122 valence electrons. The summed E-state index contributed by atoms with van der Waals surface area (Å²) in [5, 5.41) is 0. The van der Waals surface area contributed by atoms with Crippen LogP contribution in [0.15, 0.2) is 24.3 Å². The summed E-state index contributed by atoms with van der Waals surface area (Å²) >= 11 is 0. The number of benzene rings is 1. The number of nitrogens with zero attached hydrogens (tertiary/aromatic N) is 2. The predicted molar refractivity (Wildman–Crippen MR) is 96.3 cm³/mol. The Labute approximate surface area is 135 Å². The number of fused-ring (bicyclic) bond motifs is 1. The zero-order valence-electron chi connectivity index (χ0n) is 14.5. The Morgan fingerprint density at radius 2 is 1.45 bits per heavy atom. The van der Waals surface area contributed by atoms with Gasteiger partial charge in [-0.1, -0.05) is 77.3 Å². The summed E-state index contributed by atoms with van der Waals surface area (Å²) in [5.41, 5.74) is 2.45. The van der Waals surface area contributed by atoms with E-state index >= 15 is 0 Å². The van der Waals surface area contributed by atoms with Crippen molar-refractivity contribution in [2.24, 2.45) is 0 Å². The van der Waals surface area contributed by atoms with Crippen LogP contribution in [0.5, 0.6) is 0 Å². The third-order valence-corrected chi connectivity index (χ3v) is 4.54. The zero-order chi connectivity index (χ0) is 15.6. The van der Waals surface area contributed by atoms with Crippen molar-refractivity contribution >= 4 is 11.0 Å². The van der Waals surface area contributed by atoms with Crippen LogP contribution in [0.25, 0.3) is 11.0 Å². The van der Waals surface area contributed by atoms with E-state index in [0.29, 0.717) is 0 Å². The van der Waals surface area contributed by atoms with Crippen molar-refractivity contribution in [1.82, 2.24) is 9.55 Å². The van der Waals surface area contributed by atoms with E-state index in [-0.39, 0.29) is 0 Å². The van der Waals surface area contributed by atoms with E-state index in [0.717, 1.165) is 18.5 Å². The molecule has 0 N–H and O–H groups in total. The Balaban J connectivity index is 1.71. The first-order valence-electron chi connectivity index (χ1n) is 9.31. The fourth-order valence-corrected chi connectivity index (χ4v) is 3.23. The summed E-state index contributed by atoms with van der Waals surface area (Å²) < 4.78 is 2.43. The van der Waals surface area contributed by atoms with Crippen LogP contribution in [0.2, 0.25) is 0 Å². The highest BCUT2D eigenvalue weighted by Gasteiger charge is 2.07. The van der Waals surface area contributed by atoms with Gasteiger partial charge in [0.05, 0.1) is 11.0 Å². The first-order valence-corrected chi connectivity index (χ1v) is 9.31. The van der Waals surface area contributed by atoms with Crippen LogP contribution < -0.4 is 0 Å². The molecule has 1 heterocycles. The second kappa shape index (κ2) is 9.66.